The van der Waals surface area contributed by atoms with Gasteiger partial charge in [0.25, 0.3) is 11.6 Å². The highest BCUT2D eigenvalue weighted by molar-refractivity contribution is 6.30. The van der Waals surface area contributed by atoms with Gasteiger partial charge in [-0.2, -0.15) is 5.26 Å². The second-order valence-electron chi connectivity index (χ2n) is 4.37. The third-order valence-corrected chi connectivity index (χ3v) is 3.16. The first-order chi connectivity index (χ1) is 11.0. The maximum Gasteiger partial charge on any atom is 0.281 e. The van der Waals surface area contributed by atoms with Gasteiger partial charge in [0.2, 0.25) is 0 Å². The molecule has 0 aliphatic rings. The Balaban J connectivity index is 2.45. The van der Waals surface area contributed by atoms with Crippen molar-refractivity contribution in [2.24, 2.45) is 0 Å². The van der Waals surface area contributed by atoms with E-state index in [1.165, 1.54) is 43.5 Å². The minimum Gasteiger partial charge on any atom is -0.456 e. The lowest BCUT2D eigenvalue weighted by molar-refractivity contribution is -0.384. The smallest absolute Gasteiger partial charge is 0.281 e. The number of rotatable bonds is 4. The molecular formula is C15H10ClN3O4. The first kappa shape index (κ1) is 16.3. The molecule has 0 spiro atoms. The number of likely N-dealkylation sites (N-methyl/N-ethyl adjacent to an activating group) is 1. The Morgan fingerprint density at radius 2 is 2.17 bits per heavy atom. The van der Waals surface area contributed by atoms with Crippen molar-refractivity contribution >= 4 is 29.3 Å². The van der Waals surface area contributed by atoms with E-state index in [2.05, 4.69) is 5.32 Å². The highest BCUT2D eigenvalue weighted by Gasteiger charge is 2.19. The van der Waals surface area contributed by atoms with Crippen molar-refractivity contribution in [2.75, 3.05) is 7.05 Å². The largest absolute Gasteiger partial charge is 0.456 e. The third kappa shape index (κ3) is 3.56. The van der Waals surface area contributed by atoms with Gasteiger partial charge in [0, 0.05) is 24.2 Å². The van der Waals surface area contributed by atoms with E-state index in [0.29, 0.717) is 0 Å². The van der Waals surface area contributed by atoms with E-state index in [4.69, 9.17) is 21.3 Å². The number of nitrogens with one attached hydrogen (secondary N) is 1. The molecule has 0 aliphatic carbocycles. The van der Waals surface area contributed by atoms with Gasteiger partial charge >= 0.3 is 0 Å². The van der Waals surface area contributed by atoms with Crippen LogP contribution in [0.2, 0.25) is 5.02 Å². The summed E-state index contributed by atoms with van der Waals surface area (Å²) in [5, 5.41) is 22.6. The van der Waals surface area contributed by atoms with Crippen molar-refractivity contribution in [2.45, 2.75) is 0 Å². The summed E-state index contributed by atoms with van der Waals surface area (Å²) in [6.07, 6.45) is 1.25. The molecule has 2 rings (SSSR count). The second-order valence-corrected chi connectivity index (χ2v) is 4.81. The number of halogens is 1. The Labute approximate surface area is 135 Å². The predicted molar refractivity (Wildman–Crippen MR) is 83.5 cm³/mol. The molecule has 0 saturated carbocycles. The molecule has 0 unspecified atom stereocenters. The van der Waals surface area contributed by atoms with Crippen molar-refractivity contribution in [3.05, 3.63) is 56.8 Å². The van der Waals surface area contributed by atoms with Crippen LogP contribution in [0.1, 0.15) is 5.76 Å². The molecule has 0 aliphatic heterocycles. The predicted octanol–water partition coefficient (Wildman–Crippen LogP) is 3.16. The van der Waals surface area contributed by atoms with Crippen LogP contribution in [0.3, 0.4) is 0 Å². The van der Waals surface area contributed by atoms with Crippen LogP contribution < -0.4 is 5.32 Å². The van der Waals surface area contributed by atoms with E-state index in [-0.39, 0.29) is 33.4 Å². The average Bonchev–Trinajstić information content (AvgIpc) is 3.00. The molecule has 0 fully saturated rings. The first-order valence-corrected chi connectivity index (χ1v) is 6.72. The molecule has 1 heterocycles. The summed E-state index contributed by atoms with van der Waals surface area (Å²) in [6, 6.07) is 8.97. The summed E-state index contributed by atoms with van der Waals surface area (Å²) >= 11 is 5.77. The summed E-state index contributed by atoms with van der Waals surface area (Å²) in [6.45, 7) is 0. The maximum absolute atomic E-state index is 11.5. The van der Waals surface area contributed by atoms with Gasteiger partial charge in [-0.25, -0.2) is 0 Å². The van der Waals surface area contributed by atoms with Crippen LogP contribution in [0, 0.1) is 21.4 Å². The van der Waals surface area contributed by atoms with E-state index >= 15 is 0 Å². The number of carbonyl (C=O) groups is 1. The molecular weight excluding hydrogens is 322 g/mol. The van der Waals surface area contributed by atoms with Gasteiger partial charge < -0.3 is 9.73 Å². The Morgan fingerprint density at radius 1 is 1.43 bits per heavy atom. The van der Waals surface area contributed by atoms with E-state index < -0.39 is 10.8 Å². The number of carbonyl (C=O) groups excluding carboxylic acids is 1. The highest BCUT2D eigenvalue weighted by Crippen LogP contribution is 2.33. The van der Waals surface area contributed by atoms with Gasteiger partial charge in [0.05, 0.1) is 10.5 Å². The summed E-state index contributed by atoms with van der Waals surface area (Å²) < 4.78 is 5.47. The van der Waals surface area contributed by atoms with Crippen LogP contribution in [0.15, 0.2) is 40.3 Å². The lowest BCUT2D eigenvalue weighted by atomic mass is 10.1. The van der Waals surface area contributed by atoms with E-state index in [1.807, 2.05) is 0 Å². The summed E-state index contributed by atoms with van der Waals surface area (Å²) in [4.78, 5) is 22.0. The summed E-state index contributed by atoms with van der Waals surface area (Å²) in [5.41, 5.74) is -0.0919. The lowest BCUT2D eigenvalue weighted by Crippen LogP contribution is -2.18. The summed E-state index contributed by atoms with van der Waals surface area (Å²) in [5.74, 6) is -0.0962. The summed E-state index contributed by atoms with van der Waals surface area (Å²) in [7, 11) is 1.40. The fraction of sp³-hybridized carbons (Fsp3) is 0.0667. The van der Waals surface area contributed by atoms with Crippen molar-refractivity contribution in [1.29, 1.82) is 5.26 Å². The van der Waals surface area contributed by atoms with Crippen LogP contribution in [-0.4, -0.2) is 17.9 Å². The fourth-order valence-electron chi connectivity index (χ4n) is 1.86. The quantitative estimate of drug-likeness (QED) is 0.400. The van der Waals surface area contributed by atoms with Gasteiger partial charge in [-0.05, 0) is 24.3 Å². The molecule has 1 aromatic heterocycles. The van der Waals surface area contributed by atoms with Crippen molar-refractivity contribution in [3.63, 3.8) is 0 Å². The minimum absolute atomic E-state index is 0.140. The molecule has 0 bridgehead atoms. The van der Waals surface area contributed by atoms with E-state index in [0.717, 1.165) is 0 Å². The number of nitrogens with zero attached hydrogens (tertiary/aromatic N) is 2. The molecule has 1 aromatic carbocycles. The van der Waals surface area contributed by atoms with Gasteiger partial charge in [0.1, 0.15) is 23.2 Å². The van der Waals surface area contributed by atoms with Crippen molar-refractivity contribution in [3.8, 4) is 17.4 Å². The first-order valence-electron chi connectivity index (χ1n) is 6.34. The van der Waals surface area contributed by atoms with Crippen LogP contribution in [-0.2, 0) is 4.79 Å². The van der Waals surface area contributed by atoms with Crippen LogP contribution >= 0.6 is 11.6 Å². The molecule has 1 amide bonds. The van der Waals surface area contributed by atoms with Crippen LogP contribution in [0.25, 0.3) is 17.4 Å². The topological polar surface area (TPSA) is 109 Å². The Kier molecular flexibility index (Phi) is 4.79. The van der Waals surface area contributed by atoms with Crippen LogP contribution in [0.4, 0.5) is 5.69 Å². The number of hydrogen-bond acceptors (Lipinski definition) is 5. The Morgan fingerprint density at radius 3 is 2.78 bits per heavy atom. The number of nitriles is 1. The van der Waals surface area contributed by atoms with E-state index in [1.54, 1.807) is 6.07 Å². The van der Waals surface area contributed by atoms with Crippen LogP contribution in [0.5, 0.6) is 0 Å². The number of nitro groups is 1. The molecule has 0 radical (unpaired) electrons. The highest BCUT2D eigenvalue weighted by atomic mass is 35.5. The number of amides is 1. The van der Waals surface area contributed by atoms with Crippen molar-refractivity contribution in [1.82, 2.24) is 5.32 Å². The molecule has 0 saturated heterocycles. The van der Waals surface area contributed by atoms with Gasteiger partial charge in [-0.3, -0.25) is 14.9 Å². The average molecular weight is 332 g/mol. The second kappa shape index (κ2) is 6.77. The standard InChI is InChI=1S/C15H10ClN3O4/c1-18-15(20)9(8-17)6-11-3-5-14(23-11)12-4-2-10(16)7-13(12)19(21)22/h2-7H,1H3,(H,18,20). The number of furan rings is 1. The maximum atomic E-state index is 11.5. The van der Waals surface area contributed by atoms with Gasteiger partial charge in [-0.1, -0.05) is 11.6 Å². The zero-order valence-corrected chi connectivity index (χ0v) is 12.6. The number of benzene rings is 1. The monoisotopic (exact) mass is 331 g/mol. The molecule has 1 N–H and O–H groups in total. The Bertz CT molecular complexity index is 849. The SMILES string of the molecule is CNC(=O)C(C#N)=Cc1ccc(-c2ccc(Cl)cc2[N+](=O)[O-])o1. The van der Waals surface area contributed by atoms with Gasteiger partial charge in [-0.15, -0.1) is 0 Å². The fourth-order valence-corrected chi connectivity index (χ4v) is 2.03. The molecule has 7 nitrogen and oxygen atoms in total. The minimum atomic E-state index is -0.565. The van der Waals surface area contributed by atoms with Gasteiger partial charge in [0.15, 0.2) is 0 Å². The molecule has 116 valence electrons. The zero-order chi connectivity index (χ0) is 17.0. The number of hydrogen-bond donors (Lipinski definition) is 1. The Hall–Kier alpha value is -3.11. The normalized spacial score (nSPS) is 10.9. The zero-order valence-electron chi connectivity index (χ0n) is 11.9. The van der Waals surface area contributed by atoms with E-state index in [9.17, 15) is 14.9 Å². The lowest BCUT2D eigenvalue weighted by Gasteiger charge is -2.00. The molecule has 23 heavy (non-hydrogen) atoms. The number of nitro benzene ring substituents is 1. The molecule has 8 heteroatoms. The molecule has 0 atom stereocenters. The third-order valence-electron chi connectivity index (χ3n) is 2.93. The molecule has 2 aromatic rings. The van der Waals surface area contributed by atoms with Crippen molar-refractivity contribution < 1.29 is 14.1 Å².